The van der Waals surface area contributed by atoms with Gasteiger partial charge in [0.25, 0.3) is 0 Å². The molecule has 110 valence electrons. The van der Waals surface area contributed by atoms with Gasteiger partial charge in [-0.05, 0) is 43.4 Å². The van der Waals surface area contributed by atoms with Crippen LogP contribution in [0, 0.1) is 0 Å². The zero-order valence-corrected chi connectivity index (χ0v) is 12.0. The van der Waals surface area contributed by atoms with Crippen LogP contribution >= 0.6 is 0 Å². The van der Waals surface area contributed by atoms with Gasteiger partial charge >= 0.3 is 6.03 Å². The Balaban J connectivity index is 1.98. The molecule has 0 unspecified atom stereocenters. The standard InChI is InChI=1S/C13H18N2O4S/c16-13(14-7-2-1-3-8-14)15-9-4-12(5-10-15)6-11-20(17,18)19/h4-5,9-10H,1-3,6-8,11H2. The van der Waals surface area contributed by atoms with Gasteiger partial charge in [0.1, 0.15) is 0 Å². The molecule has 20 heavy (non-hydrogen) atoms. The average molecular weight is 298 g/mol. The molecule has 0 atom stereocenters. The number of amides is 1. The molecule has 6 nitrogen and oxygen atoms in total. The average Bonchev–Trinajstić information content (AvgIpc) is 2.45. The summed E-state index contributed by atoms with van der Waals surface area (Å²) in [5.74, 6) is -0.420. The molecule has 7 heteroatoms. The summed E-state index contributed by atoms with van der Waals surface area (Å²) in [5.41, 5.74) is 0.729. The lowest BCUT2D eigenvalue weighted by Gasteiger charge is -2.19. The van der Waals surface area contributed by atoms with E-state index < -0.39 is 15.9 Å². The molecular formula is C13H18N2O4S. The summed E-state index contributed by atoms with van der Waals surface area (Å²) in [6.07, 6.45) is 6.63. The summed E-state index contributed by atoms with van der Waals surface area (Å²) in [6.45, 7) is 1.56. The van der Waals surface area contributed by atoms with Gasteiger partial charge in [-0.3, -0.25) is 0 Å². The number of aryl methyl sites for hydroxylation is 1. The topological polar surface area (TPSA) is 81.4 Å². The molecule has 1 aromatic rings. The largest absolute Gasteiger partial charge is 0.748 e. The Morgan fingerprint density at radius 3 is 2.35 bits per heavy atom. The van der Waals surface area contributed by atoms with Crippen molar-refractivity contribution >= 4 is 16.1 Å². The molecule has 0 spiro atoms. The van der Waals surface area contributed by atoms with Crippen LogP contribution in [0.5, 0.6) is 0 Å². The molecule has 0 aromatic carbocycles. The van der Waals surface area contributed by atoms with Crippen molar-refractivity contribution in [3.63, 3.8) is 0 Å². The van der Waals surface area contributed by atoms with Crippen LogP contribution in [0.4, 0.5) is 4.79 Å². The first kappa shape index (κ1) is 14.9. The SMILES string of the molecule is O=C(N1CCCCC1)[n+]1ccc(CCS(=O)(=O)[O-])cc1. The van der Waals surface area contributed by atoms with Gasteiger partial charge in [-0.1, -0.05) is 0 Å². The number of hydrogen-bond acceptors (Lipinski definition) is 4. The zero-order valence-electron chi connectivity index (χ0n) is 11.2. The van der Waals surface area contributed by atoms with E-state index in [4.69, 9.17) is 0 Å². The third kappa shape index (κ3) is 4.28. The van der Waals surface area contributed by atoms with Crippen molar-refractivity contribution in [2.75, 3.05) is 18.8 Å². The molecule has 2 heterocycles. The van der Waals surface area contributed by atoms with Crippen LogP contribution in [0.1, 0.15) is 24.8 Å². The number of likely N-dealkylation sites (tertiary alicyclic amines) is 1. The minimum absolute atomic E-state index is 0.0623. The molecule has 0 bridgehead atoms. The summed E-state index contributed by atoms with van der Waals surface area (Å²) in [7, 11) is -4.20. The molecule has 1 aromatic heterocycles. The van der Waals surface area contributed by atoms with Gasteiger partial charge in [0.15, 0.2) is 0 Å². The van der Waals surface area contributed by atoms with E-state index >= 15 is 0 Å². The van der Waals surface area contributed by atoms with Crippen molar-refractivity contribution in [2.45, 2.75) is 25.7 Å². The lowest BCUT2D eigenvalue weighted by atomic mass is 10.1. The Bertz CT molecular complexity index is 563. The summed E-state index contributed by atoms with van der Waals surface area (Å²) in [4.78, 5) is 14.0. The predicted octanol–water partition coefficient (Wildman–Crippen LogP) is 0.516. The van der Waals surface area contributed by atoms with Crippen LogP contribution in [-0.2, 0) is 16.5 Å². The number of piperidine rings is 1. The van der Waals surface area contributed by atoms with E-state index in [2.05, 4.69) is 0 Å². The van der Waals surface area contributed by atoms with Crippen molar-refractivity contribution in [1.82, 2.24) is 4.90 Å². The van der Waals surface area contributed by atoms with Gasteiger partial charge in [0.05, 0.1) is 35.6 Å². The third-order valence-electron chi connectivity index (χ3n) is 3.39. The van der Waals surface area contributed by atoms with Crippen molar-refractivity contribution < 1.29 is 22.3 Å². The molecular weight excluding hydrogens is 280 g/mol. The second-order valence-corrected chi connectivity index (χ2v) is 6.48. The number of nitrogens with zero attached hydrogens (tertiary/aromatic N) is 2. The molecule has 2 rings (SSSR count). The maximum atomic E-state index is 12.2. The van der Waals surface area contributed by atoms with Crippen LogP contribution in [0.3, 0.4) is 0 Å². The zero-order chi connectivity index (χ0) is 14.6. The Kier molecular flexibility index (Phi) is 4.72. The molecule has 1 amide bonds. The second kappa shape index (κ2) is 6.32. The van der Waals surface area contributed by atoms with Gasteiger partial charge in [-0.25, -0.2) is 13.3 Å². The Morgan fingerprint density at radius 2 is 1.80 bits per heavy atom. The van der Waals surface area contributed by atoms with Gasteiger partial charge in [-0.15, -0.1) is 0 Å². The number of hydrogen-bond donors (Lipinski definition) is 0. The summed E-state index contributed by atoms with van der Waals surface area (Å²) < 4.78 is 33.2. The van der Waals surface area contributed by atoms with Crippen molar-refractivity contribution in [3.05, 3.63) is 30.1 Å². The van der Waals surface area contributed by atoms with Crippen molar-refractivity contribution in [3.8, 4) is 0 Å². The molecule has 1 saturated heterocycles. The molecule has 1 aliphatic rings. The fourth-order valence-corrected chi connectivity index (χ4v) is 2.73. The van der Waals surface area contributed by atoms with Crippen molar-refractivity contribution in [1.29, 1.82) is 0 Å². The monoisotopic (exact) mass is 298 g/mol. The van der Waals surface area contributed by atoms with E-state index in [0.29, 0.717) is 0 Å². The van der Waals surface area contributed by atoms with E-state index in [9.17, 15) is 17.8 Å². The summed E-state index contributed by atoms with van der Waals surface area (Å²) >= 11 is 0. The third-order valence-corrected chi connectivity index (χ3v) is 4.09. The van der Waals surface area contributed by atoms with Gasteiger partial charge in [0.2, 0.25) is 0 Å². The van der Waals surface area contributed by atoms with Crippen LogP contribution in [0.15, 0.2) is 24.5 Å². The fraction of sp³-hybridized carbons (Fsp3) is 0.538. The molecule has 1 aliphatic heterocycles. The number of pyridine rings is 1. The van der Waals surface area contributed by atoms with E-state index in [-0.39, 0.29) is 12.5 Å². The molecule has 1 fully saturated rings. The first-order valence-corrected chi connectivity index (χ1v) is 8.26. The smallest absolute Gasteiger partial charge is 0.497 e. The van der Waals surface area contributed by atoms with Gasteiger partial charge < -0.3 is 4.55 Å². The first-order chi connectivity index (χ1) is 9.46. The highest BCUT2D eigenvalue weighted by molar-refractivity contribution is 7.85. The van der Waals surface area contributed by atoms with Gasteiger partial charge in [0, 0.05) is 5.75 Å². The minimum atomic E-state index is -4.20. The normalized spacial score (nSPS) is 16.1. The minimum Gasteiger partial charge on any atom is -0.748 e. The van der Waals surface area contributed by atoms with Gasteiger partial charge in [-0.2, -0.15) is 9.36 Å². The molecule has 0 radical (unpaired) electrons. The number of carbonyl (C=O) groups excluding carboxylic acids is 1. The number of aromatic nitrogens is 1. The van der Waals surface area contributed by atoms with E-state index in [1.807, 2.05) is 4.90 Å². The molecule has 0 N–H and O–H groups in total. The fourth-order valence-electron chi connectivity index (χ4n) is 2.24. The summed E-state index contributed by atoms with van der Waals surface area (Å²) in [6, 6.07) is 3.28. The van der Waals surface area contributed by atoms with Crippen LogP contribution in [0.2, 0.25) is 0 Å². The number of carbonyl (C=O) groups is 1. The highest BCUT2D eigenvalue weighted by Gasteiger charge is 2.25. The maximum absolute atomic E-state index is 12.2. The van der Waals surface area contributed by atoms with E-state index in [1.54, 1.807) is 24.5 Å². The van der Waals surface area contributed by atoms with Crippen LogP contribution < -0.4 is 4.57 Å². The lowest BCUT2D eigenvalue weighted by molar-refractivity contribution is -0.578. The van der Waals surface area contributed by atoms with E-state index in [0.717, 1.165) is 37.9 Å². The Hall–Kier alpha value is -1.47. The highest BCUT2D eigenvalue weighted by Crippen LogP contribution is 2.08. The maximum Gasteiger partial charge on any atom is 0.497 e. The Labute approximate surface area is 118 Å². The van der Waals surface area contributed by atoms with Crippen LogP contribution in [-0.4, -0.2) is 42.7 Å². The highest BCUT2D eigenvalue weighted by atomic mass is 32.2. The quantitative estimate of drug-likeness (QED) is 0.601. The predicted molar refractivity (Wildman–Crippen MR) is 71.1 cm³/mol. The Morgan fingerprint density at radius 1 is 1.20 bits per heavy atom. The first-order valence-electron chi connectivity index (χ1n) is 6.69. The van der Waals surface area contributed by atoms with Crippen LogP contribution in [0.25, 0.3) is 0 Å². The summed E-state index contributed by atoms with van der Waals surface area (Å²) in [5, 5.41) is 0. The number of rotatable bonds is 3. The van der Waals surface area contributed by atoms with E-state index in [1.165, 1.54) is 4.57 Å². The second-order valence-electron chi connectivity index (χ2n) is 4.96. The molecule has 0 saturated carbocycles. The van der Waals surface area contributed by atoms with Crippen molar-refractivity contribution in [2.24, 2.45) is 0 Å². The molecule has 0 aliphatic carbocycles. The lowest BCUT2D eigenvalue weighted by Crippen LogP contribution is -2.53.